The minimum atomic E-state index is -0.456. The summed E-state index contributed by atoms with van der Waals surface area (Å²) in [5, 5.41) is 12.4. The van der Waals surface area contributed by atoms with Crippen LogP contribution in [0, 0.1) is 0 Å². The summed E-state index contributed by atoms with van der Waals surface area (Å²) in [4.78, 5) is 12.0. The second-order valence-corrected chi connectivity index (χ2v) is 5.45. The molecule has 110 valence electrons. The van der Waals surface area contributed by atoms with Crippen molar-refractivity contribution in [3.8, 4) is 0 Å². The SMILES string of the molecule is CC(OCc1ccccc1)C(=O)NC1CCC(O)CC1. The van der Waals surface area contributed by atoms with E-state index in [0.29, 0.717) is 6.61 Å². The lowest BCUT2D eigenvalue weighted by atomic mass is 9.93. The first kappa shape index (κ1) is 15.0. The van der Waals surface area contributed by atoms with E-state index in [0.717, 1.165) is 31.2 Å². The summed E-state index contributed by atoms with van der Waals surface area (Å²) in [5.74, 6) is -0.0673. The van der Waals surface area contributed by atoms with Gasteiger partial charge in [0.2, 0.25) is 5.91 Å². The Morgan fingerprint density at radius 1 is 1.30 bits per heavy atom. The number of carbonyl (C=O) groups is 1. The van der Waals surface area contributed by atoms with Gasteiger partial charge in [-0.25, -0.2) is 0 Å². The fraction of sp³-hybridized carbons (Fsp3) is 0.562. The van der Waals surface area contributed by atoms with Crippen LogP contribution in [0.2, 0.25) is 0 Å². The summed E-state index contributed by atoms with van der Waals surface area (Å²) in [6.45, 7) is 2.22. The summed E-state index contributed by atoms with van der Waals surface area (Å²) in [6.07, 6.45) is 2.57. The first-order chi connectivity index (χ1) is 9.65. The molecule has 0 heterocycles. The first-order valence-corrected chi connectivity index (χ1v) is 7.29. The highest BCUT2D eigenvalue weighted by Crippen LogP contribution is 2.18. The van der Waals surface area contributed by atoms with Gasteiger partial charge in [0.1, 0.15) is 6.10 Å². The number of rotatable bonds is 5. The van der Waals surface area contributed by atoms with Crippen LogP contribution in [0.5, 0.6) is 0 Å². The third-order valence-corrected chi connectivity index (χ3v) is 3.76. The van der Waals surface area contributed by atoms with Crippen molar-refractivity contribution in [1.29, 1.82) is 0 Å². The molecule has 4 nitrogen and oxygen atoms in total. The number of hydrogen-bond acceptors (Lipinski definition) is 3. The number of benzene rings is 1. The van der Waals surface area contributed by atoms with Crippen molar-refractivity contribution in [2.45, 2.75) is 57.5 Å². The van der Waals surface area contributed by atoms with E-state index < -0.39 is 6.10 Å². The smallest absolute Gasteiger partial charge is 0.249 e. The lowest BCUT2D eigenvalue weighted by Gasteiger charge is -2.27. The molecule has 1 aliphatic carbocycles. The van der Waals surface area contributed by atoms with Crippen LogP contribution in [0.15, 0.2) is 30.3 Å². The summed E-state index contributed by atoms with van der Waals surface area (Å²) in [7, 11) is 0. The molecule has 0 bridgehead atoms. The molecule has 1 unspecified atom stereocenters. The maximum Gasteiger partial charge on any atom is 0.249 e. The number of amides is 1. The molecule has 0 radical (unpaired) electrons. The lowest BCUT2D eigenvalue weighted by molar-refractivity contribution is -0.133. The van der Waals surface area contributed by atoms with E-state index in [9.17, 15) is 9.90 Å². The monoisotopic (exact) mass is 277 g/mol. The van der Waals surface area contributed by atoms with Gasteiger partial charge in [-0.05, 0) is 38.2 Å². The van der Waals surface area contributed by atoms with Gasteiger partial charge in [0.15, 0.2) is 0 Å². The maximum atomic E-state index is 12.0. The summed E-state index contributed by atoms with van der Waals surface area (Å²) in [5.41, 5.74) is 1.06. The van der Waals surface area contributed by atoms with Gasteiger partial charge in [-0.15, -0.1) is 0 Å². The van der Waals surface area contributed by atoms with Gasteiger partial charge < -0.3 is 15.2 Å². The molecule has 1 aromatic carbocycles. The molecule has 1 saturated carbocycles. The van der Waals surface area contributed by atoms with Crippen molar-refractivity contribution in [2.24, 2.45) is 0 Å². The van der Waals surface area contributed by atoms with Crippen LogP contribution in [-0.2, 0) is 16.1 Å². The largest absolute Gasteiger partial charge is 0.393 e. The molecule has 1 aromatic rings. The number of nitrogens with one attached hydrogen (secondary N) is 1. The molecule has 20 heavy (non-hydrogen) atoms. The molecule has 1 amide bonds. The zero-order valence-corrected chi connectivity index (χ0v) is 11.9. The van der Waals surface area contributed by atoms with Gasteiger partial charge >= 0.3 is 0 Å². The Morgan fingerprint density at radius 2 is 1.95 bits per heavy atom. The molecule has 2 rings (SSSR count). The Bertz CT molecular complexity index is 413. The zero-order chi connectivity index (χ0) is 14.4. The standard InChI is InChI=1S/C16H23NO3/c1-12(20-11-13-5-3-2-4-6-13)16(19)17-14-7-9-15(18)10-8-14/h2-6,12,14-15,18H,7-11H2,1H3,(H,17,19). The van der Waals surface area contributed by atoms with Crippen LogP contribution in [0.1, 0.15) is 38.2 Å². The van der Waals surface area contributed by atoms with Gasteiger partial charge in [-0.3, -0.25) is 4.79 Å². The second-order valence-electron chi connectivity index (χ2n) is 5.45. The fourth-order valence-electron chi connectivity index (χ4n) is 2.41. The van der Waals surface area contributed by atoms with Crippen molar-refractivity contribution < 1.29 is 14.6 Å². The summed E-state index contributed by atoms with van der Waals surface area (Å²) < 4.78 is 5.59. The first-order valence-electron chi connectivity index (χ1n) is 7.29. The van der Waals surface area contributed by atoms with Crippen LogP contribution < -0.4 is 5.32 Å². The molecule has 1 aliphatic rings. The summed E-state index contributed by atoms with van der Waals surface area (Å²) >= 11 is 0. The Kier molecular flexibility index (Phi) is 5.56. The molecule has 2 N–H and O–H groups in total. The molecule has 0 aromatic heterocycles. The predicted molar refractivity (Wildman–Crippen MR) is 77.1 cm³/mol. The molecular formula is C16H23NO3. The molecule has 0 spiro atoms. The number of aliphatic hydroxyl groups is 1. The third kappa shape index (κ3) is 4.62. The van der Waals surface area contributed by atoms with Crippen LogP contribution >= 0.6 is 0 Å². The highest BCUT2D eigenvalue weighted by atomic mass is 16.5. The summed E-state index contributed by atoms with van der Waals surface area (Å²) in [6, 6.07) is 10.00. The van der Waals surface area contributed by atoms with Gasteiger partial charge in [-0.1, -0.05) is 30.3 Å². The topological polar surface area (TPSA) is 58.6 Å². The number of ether oxygens (including phenoxy) is 1. The molecule has 4 heteroatoms. The van der Waals surface area contributed by atoms with Gasteiger partial charge in [0.05, 0.1) is 12.7 Å². The average Bonchev–Trinajstić information content (AvgIpc) is 2.48. The van der Waals surface area contributed by atoms with Crippen molar-refractivity contribution in [2.75, 3.05) is 0 Å². The lowest BCUT2D eigenvalue weighted by Crippen LogP contribution is -2.43. The normalized spacial score (nSPS) is 24.1. The van der Waals surface area contributed by atoms with Crippen LogP contribution in [0.3, 0.4) is 0 Å². The van der Waals surface area contributed by atoms with E-state index in [-0.39, 0.29) is 18.1 Å². The quantitative estimate of drug-likeness (QED) is 0.865. The molecule has 0 saturated heterocycles. The van der Waals surface area contributed by atoms with Crippen LogP contribution in [-0.4, -0.2) is 29.3 Å². The maximum absolute atomic E-state index is 12.0. The third-order valence-electron chi connectivity index (χ3n) is 3.76. The Morgan fingerprint density at radius 3 is 2.60 bits per heavy atom. The van der Waals surface area contributed by atoms with Crippen molar-refractivity contribution in [1.82, 2.24) is 5.32 Å². The number of carbonyl (C=O) groups excluding carboxylic acids is 1. The van der Waals surface area contributed by atoms with Crippen molar-refractivity contribution in [3.63, 3.8) is 0 Å². The Labute approximate surface area is 120 Å². The number of aliphatic hydroxyl groups excluding tert-OH is 1. The average molecular weight is 277 g/mol. The predicted octanol–water partition coefficient (Wildman–Crippen LogP) is 2.01. The van der Waals surface area contributed by atoms with E-state index in [1.807, 2.05) is 30.3 Å². The van der Waals surface area contributed by atoms with Crippen molar-refractivity contribution >= 4 is 5.91 Å². The molecule has 1 atom stereocenters. The molecule has 0 aliphatic heterocycles. The van der Waals surface area contributed by atoms with E-state index in [4.69, 9.17) is 4.74 Å². The van der Waals surface area contributed by atoms with E-state index in [2.05, 4.69) is 5.32 Å². The van der Waals surface area contributed by atoms with E-state index >= 15 is 0 Å². The Hall–Kier alpha value is -1.39. The van der Waals surface area contributed by atoms with Crippen molar-refractivity contribution in [3.05, 3.63) is 35.9 Å². The van der Waals surface area contributed by atoms with Gasteiger partial charge in [0.25, 0.3) is 0 Å². The van der Waals surface area contributed by atoms with E-state index in [1.54, 1.807) is 6.92 Å². The molecule has 1 fully saturated rings. The van der Waals surface area contributed by atoms with Crippen LogP contribution in [0.4, 0.5) is 0 Å². The number of hydrogen-bond donors (Lipinski definition) is 2. The fourth-order valence-corrected chi connectivity index (χ4v) is 2.41. The highest BCUT2D eigenvalue weighted by molar-refractivity contribution is 5.80. The van der Waals surface area contributed by atoms with Gasteiger partial charge in [0, 0.05) is 6.04 Å². The minimum Gasteiger partial charge on any atom is -0.393 e. The molecular weight excluding hydrogens is 254 g/mol. The van der Waals surface area contributed by atoms with Gasteiger partial charge in [-0.2, -0.15) is 0 Å². The highest BCUT2D eigenvalue weighted by Gasteiger charge is 2.23. The Balaban J connectivity index is 1.72. The zero-order valence-electron chi connectivity index (χ0n) is 11.9. The van der Waals surface area contributed by atoms with Crippen LogP contribution in [0.25, 0.3) is 0 Å². The van der Waals surface area contributed by atoms with E-state index in [1.165, 1.54) is 0 Å². The second kappa shape index (κ2) is 7.41. The minimum absolute atomic E-state index is 0.0673.